The molecule has 0 amide bonds. The molecule has 2 nitrogen and oxygen atoms in total. The third-order valence-corrected chi connectivity index (χ3v) is 3.04. The molecule has 0 unspecified atom stereocenters. The van der Waals surface area contributed by atoms with Gasteiger partial charge in [-0.2, -0.15) is 0 Å². The zero-order valence-corrected chi connectivity index (χ0v) is 10.0. The van der Waals surface area contributed by atoms with Gasteiger partial charge in [-0.05, 0) is 23.6 Å². The Kier molecular flexibility index (Phi) is 2.80. The van der Waals surface area contributed by atoms with Crippen molar-refractivity contribution in [3.8, 4) is 0 Å². The zero-order valence-electron chi connectivity index (χ0n) is 10.0. The number of carbonyl (C=O) groups excluding carboxylic acids is 1. The lowest BCUT2D eigenvalue weighted by molar-refractivity contribution is 0.103. The Labute approximate surface area is 109 Å². The number of ketones is 1. The van der Waals surface area contributed by atoms with Gasteiger partial charge in [-0.25, -0.2) is 4.39 Å². The fourth-order valence-corrected chi connectivity index (χ4v) is 2.11. The van der Waals surface area contributed by atoms with Gasteiger partial charge in [0.2, 0.25) is 0 Å². The average Bonchev–Trinajstić information content (AvgIpc) is 2.46. The number of halogens is 1. The minimum Gasteiger partial charge on any atom is -0.288 e. The summed E-state index contributed by atoms with van der Waals surface area (Å²) in [5.74, 6) is -0.812. The van der Waals surface area contributed by atoms with E-state index in [2.05, 4.69) is 4.98 Å². The van der Waals surface area contributed by atoms with Gasteiger partial charge in [-0.3, -0.25) is 9.78 Å². The summed E-state index contributed by atoms with van der Waals surface area (Å²) in [6, 6.07) is 13.1. The largest absolute Gasteiger partial charge is 0.288 e. The highest BCUT2D eigenvalue weighted by atomic mass is 19.1. The normalized spacial score (nSPS) is 10.6. The van der Waals surface area contributed by atoms with Crippen molar-refractivity contribution in [1.82, 2.24) is 4.98 Å². The number of hydrogen-bond donors (Lipinski definition) is 0. The average molecular weight is 251 g/mol. The second-order valence-electron chi connectivity index (χ2n) is 4.21. The number of fused-ring (bicyclic) bond motifs is 1. The molecular weight excluding hydrogens is 241 g/mol. The van der Waals surface area contributed by atoms with Crippen LogP contribution in [0.1, 0.15) is 15.9 Å². The Bertz CT molecular complexity index is 762. The number of hydrogen-bond acceptors (Lipinski definition) is 2. The molecule has 0 atom stereocenters. The molecule has 3 aromatic rings. The molecule has 0 N–H and O–H groups in total. The summed E-state index contributed by atoms with van der Waals surface area (Å²) in [5, 5.41) is 1.65. The number of carbonyl (C=O) groups is 1. The lowest BCUT2D eigenvalue weighted by atomic mass is 9.98. The molecule has 3 heteroatoms. The van der Waals surface area contributed by atoms with E-state index in [0.29, 0.717) is 5.56 Å². The number of nitrogens with zero attached hydrogens (tertiary/aromatic N) is 1. The van der Waals surface area contributed by atoms with Gasteiger partial charge in [0.25, 0.3) is 0 Å². The molecule has 0 aliphatic rings. The van der Waals surface area contributed by atoms with Gasteiger partial charge in [0.1, 0.15) is 5.82 Å². The van der Waals surface area contributed by atoms with E-state index < -0.39 is 5.82 Å². The van der Waals surface area contributed by atoms with Crippen LogP contribution in [0, 0.1) is 5.82 Å². The van der Waals surface area contributed by atoms with Gasteiger partial charge in [0.05, 0.1) is 5.56 Å². The minimum absolute atomic E-state index is 0.0896. The highest BCUT2D eigenvalue weighted by Gasteiger charge is 2.15. The summed E-state index contributed by atoms with van der Waals surface area (Å²) >= 11 is 0. The standard InChI is InChI=1S/C16H10FNO/c17-15-7-2-1-5-14(15)16(19)13-6-3-4-11-10-18-9-8-12(11)13/h1-10H. The van der Waals surface area contributed by atoms with Crippen molar-refractivity contribution in [2.24, 2.45) is 0 Å². The van der Waals surface area contributed by atoms with Crippen LogP contribution in [-0.4, -0.2) is 10.8 Å². The molecule has 0 spiro atoms. The van der Waals surface area contributed by atoms with Gasteiger partial charge < -0.3 is 0 Å². The van der Waals surface area contributed by atoms with Crippen molar-refractivity contribution in [1.29, 1.82) is 0 Å². The molecule has 0 bridgehead atoms. The van der Waals surface area contributed by atoms with E-state index in [1.54, 1.807) is 42.7 Å². The lowest BCUT2D eigenvalue weighted by Crippen LogP contribution is -2.04. The summed E-state index contributed by atoms with van der Waals surface area (Å²) in [7, 11) is 0. The lowest BCUT2D eigenvalue weighted by Gasteiger charge is -2.06. The van der Waals surface area contributed by atoms with Crippen LogP contribution in [0.25, 0.3) is 10.8 Å². The van der Waals surface area contributed by atoms with Crippen molar-refractivity contribution in [3.63, 3.8) is 0 Å². The minimum atomic E-state index is -0.501. The van der Waals surface area contributed by atoms with Crippen LogP contribution in [0.4, 0.5) is 4.39 Å². The van der Waals surface area contributed by atoms with Gasteiger partial charge in [-0.15, -0.1) is 0 Å². The van der Waals surface area contributed by atoms with Crippen molar-refractivity contribution < 1.29 is 9.18 Å². The highest BCUT2D eigenvalue weighted by Crippen LogP contribution is 2.21. The monoisotopic (exact) mass is 251 g/mol. The van der Waals surface area contributed by atoms with Crippen molar-refractivity contribution in [3.05, 3.63) is 77.9 Å². The molecule has 92 valence electrons. The van der Waals surface area contributed by atoms with E-state index >= 15 is 0 Å². The predicted octanol–water partition coefficient (Wildman–Crippen LogP) is 3.60. The molecule has 19 heavy (non-hydrogen) atoms. The summed E-state index contributed by atoms with van der Waals surface area (Å²) in [5.41, 5.74) is 0.580. The zero-order chi connectivity index (χ0) is 13.2. The van der Waals surface area contributed by atoms with Crippen LogP contribution < -0.4 is 0 Å². The van der Waals surface area contributed by atoms with Crippen LogP contribution in [-0.2, 0) is 0 Å². The molecule has 3 rings (SSSR count). The Morgan fingerprint density at radius 2 is 1.74 bits per heavy atom. The third-order valence-electron chi connectivity index (χ3n) is 3.04. The van der Waals surface area contributed by atoms with Gasteiger partial charge in [0, 0.05) is 23.3 Å². The van der Waals surface area contributed by atoms with Crippen molar-refractivity contribution >= 4 is 16.6 Å². The summed E-state index contributed by atoms with van der Waals surface area (Å²) in [4.78, 5) is 16.4. The molecule has 0 radical (unpaired) electrons. The number of benzene rings is 2. The number of rotatable bonds is 2. The summed E-state index contributed by atoms with van der Waals surface area (Å²) in [6.07, 6.45) is 3.31. The summed E-state index contributed by atoms with van der Waals surface area (Å²) in [6.45, 7) is 0. The van der Waals surface area contributed by atoms with Crippen LogP contribution in [0.3, 0.4) is 0 Å². The van der Waals surface area contributed by atoms with E-state index in [0.717, 1.165) is 10.8 Å². The maximum absolute atomic E-state index is 13.7. The Hall–Kier alpha value is -2.55. The first kappa shape index (κ1) is 11.5. The van der Waals surface area contributed by atoms with Crippen LogP contribution in [0.2, 0.25) is 0 Å². The van der Waals surface area contributed by atoms with Crippen molar-refractivity contribution in [2.75, 3.05) is 0 Å². The van der Waals surface area contributed by atoms with Gasteiger partial charge in [0.15, 0.2) is 5.78 Å². The molecule has 2 aromatic carbocycles. The molecule has 0 aliphatic carbocycles. The molecule has 0 saturated heterocycles. The Balaban J connectivity index is 2.20. The number of pyridine rings is 1. The smallest absolute Gasteiger partial charge is 0.196 e. The molecule has 1 aromatic heterocycles. The highest BCUT2D eigenvalue weighted by molar-refractivity contribution is 6.16. The van der Waals surface area contributed by atoms with E-state index in [9.17, 15) is 9.18 Å². The topological polar surface area (TPSA) is 30.0 Å². The van der Waals surface area contributed by atoms with Crippen LogP contribution in [0.15, 0.2) is 60.9 Å². The van der Waals surface area contributed by atoms with Crippen molar-refractivity contribution in [2.45, 2.75) is 0 Å². The van der Waals surface area contributed by atoms with Gasteiger partial charge >= 0.3 is 0 Å². The Morgan fingerprint density at radius 1 is 0.947 bits per heavy atom. The first-order valence-corrected chi connectivity index (χ1v) is 5.89. The fraction of sp³-hybridized carbons (Fsp3) is 0. The fourth-order valence-electron chi connectivity index (χ4n) is 2.11. The van der Waals surface area contributed by atoms with E-state index in [1.807, 2.05) is 6.07 Å². The third kappa shape index (κ3) is 1.99. The number of aromatic nitrogens is 1. The molecule has 1 heterocycles. The SMILES string of the molecule is O=C(c1ccccc1F)c1cccc2cnccc12. The quantitative estimate of drug-likeness (QED) is 0.651. The molecule has 0 fully saturated rings. The second-order valence-corrected chi connectivity index (χ2v) is 4.21. The molecule has 0 saturated carbocycles. The Morgan fingerprint density at radius 3 is 2.58 bits per heavy atom. The maximum atomic E-state index is 13.7. The first-order valence-electron chi connectivity index (χ1n) is 5.89. The van der Waals surface area contributed by atoms with E-state index in [4.69, 9.17) is 0 Å². The second kappa shape index (κ2) is 4.61. The summed E-state index contributed by atoms with van der Waals surface area (Å²) < 4.78 is 13.7. The van der Waals surface area contributed by atoms with E-state index in [1.165, 1.54) is 12.1 Å². The molecule has 0 aliphatic heterocycles. The molecular formula is C16H10FNO. The first-order chi connectivity index (χ1) is 9.27. The predicted molar refractivity (Wildman–Crippen MR) is 71.6 cm³/mol. The maximum Gasteiger partial charge on any atom is 0.196 e. The van der Waals surface area contributed by atoms with Crippen LogP contribution >= 0.6 is 0 Å². The van der Waals surface area contributed by atoms with E-state index in [-0.39, 0.29) is 11.3 Å². The van der Waals surface area contributed by atoms with Gasteiger partial charge in [-0.1, -0.05) is 30.3 Å². The van der Waals surface area contributed by atoms with Crippen LogP contribution in [0.5, 0.6) is 0 Å².